The molecule has 0 aromatic carbocycles. The second-order valence-corrected chi connectivity index (χ2v) is 4.77. The Kier molecular flexibility index (Phi) is 6.68. The molecule has 0 spiro atoms. The van der Waals surface area contributed by atoms with E-state index in [4.69, 9.17) is 11.6 Å². The Balaban J connectivity index is 3.43. The molecule has 0 aromatic rings. The highest BCUT2D eigenvalue weighted by Crippen LogP contribution is 2.18. The number of halogens is 2. The number of nitrogens with zero attached hydrogens (tertiary/aromatic N) is 1. The first-order valence-electron chi connectivity index (χ1n) is 4.00. The average Bonchev–Trinajstić information content (AvgIpc) is 1.98. The third-order valence-electron chi connectivity index (χ3n) is 1.63. The third-order valence-corrected chi connectivity index (χ3v) is 3.65. The van der Waals surface area contributed by atoms with E-state index in [1.165, 1.54) is 0 Å². The van der Waals surface area contributed by atoms with Crippen LogP contribution in [0, 0.1) is 0 Å². The monoisotopic (exact) mass is 241 g/mol. The Morgan fingerprint density at radius 1 is 1.45 bits per heavy atom. The summed E-state index contributed by atoms with van der Waals surface area (Å²) in [5.41, 5.74) is 0. The molecule has 0 radical (unpaired) electrons. The van der Waals surface area contributed by atoms with Crippen LogP contribution in [0.2, 0.25) is 0 Å². The first kappa shape index (κ1) is 11.7. The maximum atomic E-state index is 6.03. The second kappa shape index (κ2) is 6.27. The summed E-state index contributed by atoms with van der Waals surface area (Å²) in [4.78, 5) is 2.63. The van der Waals surface area contributed by atoms with E-state index in [9.17, 15) is 0 Å². The van der Waals surface area contributed by atoms with Gasteiger partial charge in [-0.1, -0.05) is 22.9 Å². The van der Waals surface area contributed by atoms with Crippen LogP contribution in [0.1, 0.15) is 19.8 Å². The van der Waals surface area contributed by atoms with E-state index in [0.29, 0.717) is 4.83 Å². The molecule has 0 heterocycles. The maximum Gasteiger partial charge on any atom is 0.0459 e. The molecule has 0 amide bonds. The highest BCUT2D eigenvalue weighted by molar-refractivity contribution is 9.09. The van der Waals surface area contributed by atoms with Crippen LogP contribution in [0.5, 0.6) is 0 Å². The van der Waals surface area contributed by atoms with Crippen molar-refractivity contribution in [2.24, 2.45) is 0 Å². The lowest BCUT2D eigenvalue weighted by atomic mass is 10.2. The summed E-state index contributed by atoms with van der Waals surface area (Å²) in [7, 11) is 4.16. The van der Waals surface area contributed by atoms with Gasteiger partial charge in [-0.25, -0.2) is 0 Å². The van der Waals surface area contributed by atoms with Crippen molar-refractivity contribution >= 4 is 27.5 Å². The van der Waals surface area contributed by atoms with Gasteiger partial charge in [0.2, 0.25) is 0 Å². The minimum Gasteiger partial charge on any atom is -0.309 e. The number of hydrogen-bond donors (Lipinski definition) is 0. The van der Waals surface area contributed by atoms with Crippen LogP contribution in [0.3, 0.4) is 0 Å². The van der Waals surface area contributed by atoms with Gasteiger partial charge in [0.1, 0.15) is 0 Å². The van der Waals surface area contributed by atoms with Crippen LogP contribution in [0.15, 0.2) is 0 Å². The molecule has 68 valence electrons. The SMILES string of the molecule is CCC(Cl)C(Br)CCN(C)C. The van der Waals surface area contributed by atoms with Crippen molar-refractivity contribution in [1.29, 1.82) is 0 Å². The third kappa shape index (κ3) is 5.94. The van der Waals surface area contributed by atoms with Crippen LogP contribution in [0.4, 0.5) is 0 Å². The van der Waals surface area contributed by atoms with Crippen molar-refractivity contribution in [3.05, 3.63) is 0 Å². The van der Waals surface area contributed by atoms with Crippen LogP contribution in [-0.4, -0.2) is 35.7 Å². The van der Waals surface area contributed by atoms with Gasteiger partial charge in [0, 0.05) is 10.2 Å². The van der Waals surface area contributed by atoms with E-state index in [0.717, 1.165) is 19.4 Å². The van der Waals surface area contributed by atoms with E-state index >= 15 is 0 Å². The molecule has 0 bridgehead atoms. The number of hydrogen-bond acceptors (Lipinski definition) is 1. The highest BCUT2D eigenvalue weighted by atomic mass is 79.9. The molecular formula is C8H17BrClN. The van der Waals surface area contributed by atoms with Crippen LogP contribution >= 0.6 is 27.5 Å². The summed E-state index contributed by atoms with van der Waals surface area (Å²) in [6.45, 7) is 3.21. The molecule has 0 aliphatic heterocycles. The topological polar surface area (TPSA) is 3.24 Å². The molecule has 1 nitrogen and oxygen atoms in total. The first-order valence-corrected chi connectivity index (χ1v) is 5.36. The molecule has 0 saturated heterocycles. The summed E-state index contributed by atoms with van der Waals surface area (Å²) in [5.74, 6) is 0. The minimum absolute atomic E-state index is 0.273. The minimum atomic E-state index is 0.273. The molecule has 3 heteroatoms. The normalized spacial score (nSPS) is 16.9. The molecule has 2 atom stereocenters. The summed E-state index contributed by atoms with van der Waals surface area (Å²) >= 11 is 9.61. The van der Waals surface area contributed by atoms with Crippen LogP contribution < -0.4 is 0 Å². The van der Waals surface area contributed by atoms with E-state index < -0.39 is 0 Å². The number of alkyl halides is 2. The zero-order valence-corrected chi connectivity index (χ0v) is 9.82. The van der Waals surface area contributed by atoms with Gasteiger partial charge in [-0.3, -0.25) is 0 Å². The van der Waals surface area contributed by atoms with Crippen molar-refractivity contribution in [1.82, 2.24) is 4.90 Å². The molecule has 0 aromatic heterocycles. The summed E-state index contributed by atoms with van der Waals surface area (Å²) in [5, 5.41) is 0.273. The fraction of sp³-hybridized carbons (Fsp3) is 1.00. The smallest absolute Gasteiger partial charge is 0.0459 e. The molecule has 0 saturated carbocycles. The van der Waals surface area contributed by atoms with Crippen molar-refractivity contribution in [2.45, 2.75) is 30.0 Å². The standard InChI is InChI=1S/C8H17BrClN/c1-4-8(10)7(9)5-6-11(2)3/h7-8H,4-6H2,1-3H3. The molecule has 0 aliphatic carbocycles. The molecule has 0 fully saturated rings. The van der Waals surface area contributed by atoms with Gasteiger partial charge < -0.3 is 4.90 Å². The summed E-state index contributed by atoms with van der Waals surface area (Å²) in [6.07, 6.45) is 2.15. The number of rotatable bonds is 5. The first-order chi connectivity index (χ1) is 5.07. The predicted octanol–water partition coefficient (Wildman–Crippen LogP) is 2.72. The Morgan fingerprint density at radius 3 is 2.36 bits per heavy atom. The maximum absolute atomic E-state index is 6.03. The van der Waals surface area contributed by atoms with Crippen LogP contribution in [-0.2, 0) is 0 Å². The second-order valence-electron chi connectivity index (χ2n) is 3.03. The zero-order chi connectivity index (χ0) is 8.85. The molecular weight excluding hydrogens is 225 g/mol. The Labute approximate surface area is 83.2 Å². The average molecular weight is 243 g/mol. The van der Waals surface area contributed by atoms with Gasteiger partial charge in [-0.15, -0.1) is 11.6 Å². The Morgan fingerprint density at radius 2 is 2.00 bits per heavy atom. The quantitative estimate of drug-likeness (QED) is 0.670. The van der Waals surface area contributed by atoms with Crippen molar-refractivity contribution < 1.29 is 0 Å². The largest absolute Gasteiger partial charge is 0.309 e. The Hall–Kier alpha value is 0.730. The fourth-order valence-corrected chi connectivity index (χ4v) is 1.52. The van der Waals surface area contributed by atoms with Gasteiger partial charge in [-0.2, -0.15) is 0 Å². The van der Waals surface area contributed by atoms with Crippen molar-refractivity contribution in [3.8, 4) is 0 Å². The van der Waals surface area contributed by atoms with Crippen LogP contribution in [0.25, 0.3) is 0 Å². The predicted molar refractivity (Wildman–Crippen MR) is 55.8 cm³/mol. The van der Waals surface area contributed by atoms with E-state index in [1.54, 1.807) is 0 Å². The van der Waals surface area contributed by atoms with E-state index in [1.807, 2.05) is 0 Å². The summed E-state index contributed by atoms with van der Waals surface area (Å²) < 4.78 is 0. The lowest BCUT2D eigenvalue weighted by Gasteiger charge is -2.16. The lowest BCUT2D eigenvalue weighted by molar-refractivity contribution is 0.396. The molecule has 0 aliphatic rings. The van der Waals surface area contributed by atoms with Gasteiger partial charge in [0.05, 0.1) is 0 Å². The van der Waals surface area contributed by atoms with Gasteiger partial charge >= 0.3 is 0 Å². The molecule has 2 unspecified atom stereocenters. The molecule has 0 N–H and O–H groups in total. The van der Waals surface area contributed by atoms with Crippen molar-refractivity contribution in [3.63, 3.8) is 0 Å². The molecule has 11 heavy (non-hydrogen) atoms. The van der Waals surface area contributed by atoms with E-state index in [-0.39, 0.29) is 5.38 Å². The zero-order valence-electron chi connectivity index (χ0n) is 7.48. The summed E-state index contributed by atoms with van der Waals surface area (Å²) in [6, 6.07) is 0. The van der Waals surface area contributed by atoms with Gasteiger partial charge in [-0.05, 0) is 33.5 Å². The van der Waals surface area contributed by atoms with Gasteiger partial charge in [0.15, 0.2) is 0 Å². The lowest BCUT2D eigenvalue weighted by Crippen LogP contribution is -2.21. The van der Waals surface area contributed by atoms with E-state index in [2.05, 4.69) is 41.8 Å². The van der Waals surface area contributed by atoms with Crippen molar-refractivity contribution in [2.75, 3.05) is 20.6 Å². The Bertz CT molecular complexity index is 98.1. The van der Waals surface area contributed by atoms with Gasteiger partial charge in [0.25, 0.3) is 0 Å². The molecule has 0 rings (SSSR count). The fourth-order valence-electron chi connectivity index (χ4n) is 0.818. The highest BCUT2D eigenvalue weighted by Gasteiger charge is 2.13.